The monoisotopic (exact) mass is 495 g/mol. The standard InChI is InChI=1S/C23H25ClF3N5O2/c1-13(23(25,26)27)9-32-16-6-18(7-17(32)11-33-10-16)34-22-14(2)21(29-12-30-22)31-20-4-3-15(8-28)5-19(20)24/h3-5,12-13,16-18H,6-7,9-11H2,1-2H3,(H,29,30,31)/t13?,16-,17+,18?. The molecule has 2 aromatic rings. The first-order valence-electron chi connectivity index (χ1n) is 11.0. The third kappa shape index (κ3) is 5.37. The van der Waals surface area contributed by atoms with Gasteiger partial charge in [-0.05, 0) is 25.1 Å². The van der Waals surface area contributed by atoms with E-state index in [0.717, 1.165) is 0 Å². The summed E-state index contributed by atoms with van der Waals surface area (Å²) in [6.07, 6.45) is -1.94. The molecule has 2 aliphatic heterocycles. The SMILES string of the molecule is Cc1c(Nc2ccc(C#N)cc2Cl)ncnc1OC1C[C@H]2COC[C@@H](C1)N2CC(C)C(F)(F)F. The summed E-state index contributed by atoms with van der Waals surface area (Å²) < 4.78 is 51.2. The summed E-state index contributed by atoms with van der Waals surface area (Å²) in [5.41, 5.74) is 1.72. The zero-order valence-electron chi connectivity index (χ0n) is 18.8. The lowest BCUT2D eigenvalue weighted by Crippen LogP contribution is -2.60. The van der Waals surface area contributed by atoms with Gasteiger partial charge in [-0.15, -0.1) is 0 Å². The number of piperidine rings is 1. The number of nitriles is 1. The maximum absolute atomic E-state index is 13.1. The summed E-state index contributed by atoms with van der Waals surface area (Å²) in [6.45, 7) is 3.76. The molecule has 1 aromatic heterocycles. The number of ether oxygens (including phenoxy) is 2. The lowest BCUT2D eigenvalue weighted by atomic mass is 9.90. The van der Waals surface area contributed by atoms with Crippen LogP contribution in [0.4, 0.5) is 24.7 Å². The first-order valence-corrected chi connectivity index (χ1v) is 11.4. The van der Waals surface area contributed by atoms with Gasteiger partial charge in [-0.25, -0.2) is 9.97 Å². The van der Waals surface area contributed by atoms with Gasteiger partial charge in [-0.1, -0.05) is 18.5 Å². The van der Waals surface area contributed by atoms with Crippen molar-refractivity contribution in [2.75, 3.05) is 25.1 Å². The van der Waals surface area contributed by atoms with Crippen molar-refractivity contribution in [2.45, 2.75) is 51.1 Å². The maximum Gasteiger partial charge on any atom is 0.392 e. The molecule has 0 aliphatic carbocycles. The number of hydrogen-bond acceptors (Lipinski definition) is 7. The summed E-state index contributed by atoms with van der Waals surface area (Å²) in [5, 5.41) is 12.5. The molecule has 4 rings (SSSR count). The Bertz CT molecular complexity index is 1060. The molecule has 0 amide bonds. The third-order valence-electron chi connectivity index (χ3n) is 6.34. The van der Waals surface area contributed by atoms with E-state index in [2.05, 4.69) is 15.3 Å². The van der Waals surface area contributed by atoms with E-state index in [-0.39, 0.29) is 24.7 Å². The first kappa shape index (κ1) is 24.5. The zero-order valence-corrected chi connectivity index (χ0v) is 19.5. The number of halogens is 4. The summed E-state index contributed by atoms with van der Waals surface area (Å²) >= 11 is 6.26. The van der Waals surface area contributed by atoms with Crippen LogP contribution in [0.1, 0.15) is 30.9 Å². The molecular formula is C23H25ClF3N5O2. The Labute approximate surface area is 200 Å². The van der Waals surface area contributed by atoms with E-state index in [9.17, 15) is 13.2 Å². The summed E-state index contributed by atoms with van der Waals surface area (Å²) in [6, 6.07) is 6.66. The second-order valence-corrected chi connectivity index (χ2v) is 9.19. The minimum absolute atomic E-state index is 0.0408. The van der Waals surface area contributed by atoms with Gasteiger partial charge in [0, 0.05) is 31.5 Å². The van der Waals surface area contributed by atoms with E-state index >= 15 is 0 Å². The second-order valence-electron chi connectivity index (χ2n) is 8.78. The molecule has 1 N–H and O–H groups in total. The highest BCUT2D eigenvalue weighted by atomic mass is 35.5. The van der Waals surface area contributed by atoms with Gasteiger partial charge in [0.15, 0.2) is 0 Å². The number of hydrogen-bond donors (Lipinski definition) is 1. The van der Waals surface area contributed by atoms with Gasteiger partial charge in [-0.2, -0.15) is 18.4 Å². The van der Waals surface area contributed by atoms with E-state index in [1.165, 1.54) is 13.3 Å². The lowest BCUT2D eigenvalue weighted by Gasteiger charge is -2.49. The van der Waals surface area contributed by atoms with Gasteiger partial charge in [0.2, 0.25) is 5.88 Å². The topological polar surface area (TPSA) is 83.3 Å². The molecule has 2 aliphatic rings. The Morgan fingerprint density at radius 3 is 2.62 bits per heavy atom. The van der Waals surface area contributed by atoms with Gasteiger partial charge in [-0.3, -0.25) is 4.90 Å². The molecule has 1 aromatic carbocycles. The van der Waals surface area contributed by atoms with E-state index in [4.69, 9.17) is 26.3 Å². The van der Waals surface area contributed by atoms with Gasteiger partial charge in [0.25, 0.3) is 0 Å². The van der Waals surface area contributed by atoms with Crippen molar-refractivity contribution in [1.29, 1.82) is 5.26 Å². The molecule has 0 saturated carbocycles. The molecule has 4 atom stereocenters. The fraction of sp³-hybridized carbons (Fsp3) is 0.522. The van der Waals surface area contributed by atoms with E-state index in [0.29, 0.717) is 59.6 Å². The van der Waals surface area contributed by atoms with Crippen LogP contribution in [0, 0.1) is 24.2 Å². The van der Waals surface area contributed by atoms with Crippen molar-refractivity contribution in [3.63, 3.8) is 0 Å². The van der Waals surface area contributed by atoms with Crippen LogP contribution in [0.15, 0.2) is 24.5 Å². The van der Waals surface area contributed by atoms with Crippen LogP contribution < -0.4 is 10.1 Å². The molecule has 0 spiro atoms. The number of morpholine rings is 1. The largest absolute Gasteiger partial charge is 0.474 e. The number of aromatic nitrogens is 2. The van der Waals surface area contributed by atoms with Crippen LogP contribution in [0.25, 0.3) is 0 Å². The van der Waals surface area contributed by atoms with Crippen LogP contribution in [0.2, 0.25) is 5.02 Å². The van der Waals surface area contributed by atoms with Gasteiger partial charge < -0.3 is 14.8 Å². The minimum atomic E-state index is -4.22. The van der Waals surface area contributed by atoms with Gasteiger partial charge >= 0.3 is 6.18 Å². The van der Waals surface area contributed by atoms with Crippen LogP contribution in [-0.2, 0) is 4.74 Å². The number of rotatable bonds is 6. The van der Waals surface area contributed by atoms with Crippen molar-refractivity contribution in [3.8, 4) is 11.9 Å². The van der Waals surface area contributed by atoms with Crippen molar-refractivity contribution >= 4 is 23.1 Å². The van der Waals surface area contributed by atoms with Crippen LogP contribution in [-0.4, -0.2) is 59.0 Å². The highest BCUT2D eigenvalue weighted by molar-refractivity contribution is 6.33. The fourth-order valence-corrected chi connectivity index (χ4v) is 4.63. The molecule has 11 heteroatoms. The van der Waals surface area contributed by atoms with E-state index in [1.54, 1.807) is 18.2 Å². The molecule has 2 bridgehead atoms. The molecule has 182 valence electrons. The van der Waals surface area contributed by atoms with E-state index in [1.807, 2.05) is 17.9 Å². The first-order chi connectivity index (χ1) is 16.2. The van der Waals surface area contributed by atoms with Gasteiger partial charge in [0.1, 0.15) is 18.2 Å². The Morgan fingerprint density at radius 1 is 1.29 bits per heavy atom. The molecule has 7 nitrogen and oxygen atoms in total. The van der Waals surface area contributed by atoms with Gasteiger partial charge in [0.05, 0.1) is 47.0 Å². The number of nitrogens with one attached hydrogen (secondary N) is 1. The van der Waals surface area contributed by atoms with Crippen LogP contribution in [0.5, 0.6) is 5.88 Å². The Hall–Kier alpha value is -2.61. The van der Waals surface area contributed by atoms with Crippen molar-refractivity contribution in [3.05, 3.63) is 40.7 Å². The second kappa shape index (κ2) is 9.94. The van der Waals surface area contributed by atoms with Crippen molar-refractivity contribution in [1.82, 2.24) is 14.9 Å². The van der Waals surface area contributed by atoms with Crippen molar-refractivity contribution < 1.29 is 22.6 Å². The Morgan fingerprint density at radius 2 is 2.00 bits per heavy atom. The fourth-order valence-electron chi connectivity index (χ4n) is 4.40. The summed E-state index contributed by atoms with van der Waals surface area (Å²) in [4.78, 5) is 10.5. The number of fused-ring (bicyclic) bond motifs is 2. The number of anilines is 2. The molecule has 2 unspecified atom stereocenters. The number of benzene rings is 1. The summed E-state index contributed by atoms with van der Waals surface area (Å²) in [5.74, 6) is -0.486. The summed E-state index contributed by atoms with van der Waals surface area (Å²) in [7, 11) is 0. The minimum Gasteiger partial charge on any atom is -0.474 e. The predicted octanol–water partition coefficient (Wildman–Crippen LogP) is 4.86. The molecule has 2 saturated heterocycles. The quantitative estimate of drug-likeness (QED) is 0.612. The zero-order chi connectivity index (χ0) is 24.5. The smallest absolute Gasteiger partial charge is 0.392 e. The molecule has 34 heavy (non-hydrogen) atoms. The van der Waals surface area contributed by atoms with Crippen LogP contribution in [0.3, 0.4) is 0 Å². The number of alkyl halides is 3. The average molecular weight is 496 g/mol. The highest BCUT2D eigenvalue weighted by Gasteiger charge is 2.44. The molecule has 2 fully saturated rings. The third-order valence-corrected chi connectivity index (χ3v) is 6.65. The average Bonchev–Trinajstić information content (AvgIpc) is 2.77. The predicted molar refractivity (Wildman–Crippen MR) is 120 cm³/mol. The lowest BCUT2D eigenvalue weighted by molar-refractivity contribution is -0.187. The van der Waals surface area contributed by atoms with Crippen molar-refractivity contribution in [2.24, 2.45) is 5.92 Å². The highest BCUT2D eigenvalue weighted by Crippen LogP contribution is 2.35. The Kier molecular flexibility index (Phi) is 7.17. The van der Waals surface area contributed by atoms with Crippen LogP contribution >= 0.6 is 11.6 Å². The number of nitrogens with zero attached hydrogens (tertiary/aromatic N) is 4. The molecule has 3 heterocycles. The molecule has 0 radical (unpaired) electrons. The molecular weight excluding hydrogens is 471 g/mol. The Balaban J connectivity index is 1.45. The van der Waals surface area contributed by atoms with E-state index < -0.39 is 12.1 Å². The maximum atomic E-state index is 13.1. The normalized spacial score (nSPS) is 23.7.